The highest BCUT2D eigenvalue weighted by Gasteiger charge is 2.23. The summed E-state index contributed by atoms with van der Waals surface area (Å²) in [5, 5.41) is 12.2. The third-order valence-corrected chi connectivity index (χ3v) is 3.96. The van der Waals surface area contributed by atoms with Gasteiger partial charge in [-0.2, -0.15) is 0 Å². The minimum absolute atomic E-state index is 0.0253. The van der Waals surface area contributed by atoms with Gasteiger partial charge in [0.1, 0.15) is 0 Å². The fourth-order valence-corrected chi connectivity index (χ4v) is 2.66. The standard InChI is InChI=1S/C14H19BrN2O2/c15-11-4-6-12(7-5-11)16-14(19)9-17-8-2-1-3-13(17)10-18/h4-7,13,18H,1-3,8-10H2,(H,16,19). The summed E-state index contributed by atoms with van der Waals surface area (Å²) in [7, 11) is 0. The van der Waals surface area contributed by atoms with Crippen molar-refractivity contribution in [2.45, 2.75) is 25.3 Å². The molecular weight excluding hydrogens is 308 g/mol. The van der Waals surface area contributed by atoms with Gasteiger partial charge in [-0.05, 0) is 43.7 Å². The Hall–Kier alpha value is -0.910. The minimum atomic E-state index is -0.0253. The summed E-state index contributed by atoms with van der Waals surface area (Å²) in [6, 6.07) is 7.65. The zero-order valence-corrected chi connectivity index (χ0v) is 12.4. The van der Waals surface area contributed by atoms with Crippen molar-refractivity contribution in [3.63, 3.8) is 0 Å². The van der Waals surface area contributed by atoms with E-state index < -0.39 is 0 Å². The van der Waals surface area contributed by atoms with Crippen LogP contribution in [0.4, 0.5) is 5.69 Å². The van der Waals surface area contributed by atoms with E-state index in [9.17, 15) is 9.90 Å². The molecule has 1 aliphatic rings. The molecule has 1 unspecified atom stereocenters. The molecule has 1 aromatic carbocycles. The molecule has 4 nitrogen and oxygen atoms in total. The first-order valence-corrected chi connectivity index (χ1v) is 7.38. The number of piperidine rings is 1. The number of benzene rings is 1. The second kappa shape index (κ2) is 7.03. The van der Waals surface area contributed by atoms with Gasteiger partial charge in [0, 0.05) is 16.2 Å². The van der Waals surface area contributed by atoms with Crippen molar-refractivity contribution in [1.82, 2.24) is 4.90 Å². The molecule has 104 valence electrons. The van der Waals surface area contributed by atoms with Crippen LogP contribution in [-0.2, 0) is 4.79 Å². The van der Waals surface area contributed by atoms with Gasteiger partial charge in [0.05, 0.1) is 13.2 Å². The monoisotopic (exact) mass is 326 g/mol. The van der Waals surface area contributed by atoms with E-state index in [1.54, 1.807) is 0 Å². The highest BCUT2D eigenvalue weighted by molar-refractivity contribution is 9.10. The lowest BCUT2D eigenvalue weighted by Crippen LogP contribution is -2.45. The second-order valence-electron chi connectivity index (χ2n) is 4.86. The lowest BCUT2D eigenvalue weighted by Gasteiger charge is -2.33. The maximum atomic E-state index is 12.0. The molecule has 19 heavy (non-hydrogen) atoms. The van der Waals surface area contributed by atoms with E-state index in [0.29, 0.717) is 6.54 Å². The van der Waals surface area contributed by atoms with E-state index in [1.165, 1.54) is 0 Å². The number of likely N-dealkylation sites (tertiary alicyclic amines) is 1. The smallest absolute Gasteiger partial charge is 0.238 e. The number of amides is 1. The van der Waals surface area contributed by atoms with Crippen molar-refractivity contribution >= 4 is 27.5 Å². The van der Waals surface area contributed by atoms with E-state index in [-0.39, 0.29) is 18.6 Å². The number of nitrogens with zero attached hydrogens (tertiary/aromatic N) is 1. The van der Waals surface area contributed by atoms with Crippen LogP contribution in [-0.4, -0.2) is 41.7 Å². The van der Waals surface area contributed by atoms with Crippen molar-refractivity contribution in [1.29, 1.82) is 0 Å². The maximum absolute atomic E-state index is 12.0. The summed E-state index contributed by atoms with van der Waals surface area (Å²) in [6.45, 7) is 1.37. The first-order chi connectivity index (χ1) is 9.19. The van der Waals surface area contributed by atoms with E-state index in [0.717, 1.165) is 36.0 Å². The van der Waals surface area contributed by atoms with Crippen LogP contribution in [0.1, 0.15) is 19.3 Å². The van der Waals surface area contributed by atoms with Gasteiger partial charge in [-0.15, -0.1) is 0 Å². The number of carbonyl (C=O) groups is 1. The summed E-state index contributed by atoms with van der Waals surface area (Å²) in [5.41, 5.74) is 0.797. The number of aliphatic hydroxyl groups excluding tert-OH is 1. The van der Waals surface area contributed by atoms with E-state index >= 15 is 0 Å². The largest absolute Gasteiger partial charge is 0.395 e. The van der Waals surface area contributed by atoms with Gasteiger partial charge in [0.25, 0.3) is 0 Å². The lowest BCUT2D eigenvalue weighted by atomic mass is 10.0. The average Bonchev–Trinajstić information content (AvgIpc) is 2.42. The number of anilines is 1. The zero-order chi connectivity index (χ0) is 13.7. The summed E-state index contributed by atoms with van der Waals surface area (Å²) < 4.78 is 0.988. The molecule has 5 heteroatoms. The van der Waals surface area contributed by atoms with Crippen LogP contribution in [0, 0.1) is 0 Å². The molecule has 1 aliphatic heterocycles. The molecule has 0 aliphatic carbocycles. The quantitative estimate of drug-likeness (QED) is 0.892. The molecule has 1 saturated heterocycles. The number of hydrogen-bond acceptors (Lipinski definition) is 3. The number of hydrogen-bond donors (Lipinski definition) is 2. The van der Waals surface area contributed by atoms with Crippen LogP contribution >= 0.6 is 15.9 Å². The second-order valence-corrected chi connectivity index (χ2v) is 5.77. The van der Waals surface area contributed by atoms with Crippen LogP contribution in [0.5, 0.6) is 0 Å². The van der Waals surface area contributed by atoms with E-state index in [1.807, 2.05) is 24.3 Å². The lowest BCUT2D eigenvalue weighted by molar-refractivity contribution is -0.118. The molecule has 1 heterocycles. The Kier molecular flexibility index (Phi) is 5.36. The van der Waals surface area contributed by atoms with Crippen molar-refractivity contribution in [2.24, 2.45) is 0 Å². The fraction of sp³-hybridized carbons (Fsp3) is 0.500. The van der Waals surface area contributed by atoms with Crippen molar-refractivity contribution in [3.05, 3.63) is 28.7 Å². The predicted molar refractivity (Wildman–Crippen MR) is 79.1 cm³/mol. The molecule has 1 aromatic rings. The number of halogens is 1. The Morgan fingerprint density at radius 1 is 1.37 bits per heavy atom. The molecule has 2 rings (SSSR count). The van der Waals surface area contributed by atoms with Gasteiger partial charge >= 0.3 is 0 Å². The molecule has 0 radical (unpaired) electrons. The fourth-order valence-electron chi connectivity index (χ4n) is 2.39. The first-order valence-electron chi connectivity index (χ1n) is 6.59. The van der Waals surface area contributed by atoms with Crippen LogP contribution in [0.3, 0.4) is 0 Å². The van der Waals surface area contributed by atoms with Crippen LogP contribution < -0.4 is 5.32 Å². The number of aliphatic hydroxyl groups is 1. The Morgan fingerprint density at radius 2 is 2.11 bits per heavy atom. The first kappa shape index (κ1) is 14.5. The van der Waals surface area contributed by atoms with Gasteiger partial charge in [0.15, 0.2) is 0 Å². The molecule has 1 amide bonds. The normalized spacial score (nSPS) is 20.2. The summed E-state index contributed by atoms with van der Waals surface area (Å²) >= 11 is 3.36. The van der Waals surface area contributed by atoms with Gasteiger partial charge in [0.2, 0.25) is 5.91 Å². The van der Waals surface area contributed by atoms with Crippen LogP contribution in [0.15, 0.2) is 28.7 Å². The predicted octanol–water partition coefficient (Wildman–Crippen LogP) is 2.23. The van der Waals surface area contributed by atoms with E-state index in [4.69, 9.17) is 0 Å². The minimum Gasteiger partial charge on any atom is -0.395 e. The van der Waals surface area contributed by atoms with Crippen molar-refractivity contribution < 1.29 is 9.90 Å². The third-order valence-electron chi connectivity index (χ3n) is 3.43. The number of rotatable bonds is 4. The SMILES string of the molecule is O=C(CN1CCCCC1CO)Nc1ccc(Br)cc1. The van der Waals surface area contributed by atoms with Crippen molar-refractivity contribution in [2.75, 3.05) is 25.0 Å². The molecule has 0 aromatic heterocycles. The Balaban J connectivity index is 1.88. The number of nitrogens with one attached hydrogen (secondary N) is 1. The third kappa shape index (κ3) is 4.30. The molecular formula is C14H19BrN2O2. The summed E-state index contributed by atoms with van der Waals surface area (Å²) in [5.74, 6) is -0.0253. The van der Waals surface area contributed by atoms with Crippen LogP contribution in [0.2, 0.25) is 0 Å². The summed E-state index contributed by atoms with van der Waals surface area (Å²) in [6.07, 6.45) is 3.21. The highest BCUT2D eigenvalue weighted by atomic mass is 79.9. The van der Waals surface area contributed by atoms with Gasteiger partial charge in [-0.25, -0.2) is 0 Å². The maximum Gasteiger partial charge on any atom is 0.238 e. The van der Waals surface area contributed by atoms with Gasteiger partial charge < -0.3 is 10.4 Å². The van der Waals surface area contributed by atoms with Gasteiger partial charge in [-0.3, -0.25) is 9.69 Å². The zero-order valence-electron chi connectivity index (χ0n) is 10.8. The molecule has 0 saturated carbocycles. The molecule has 2 N–H and O–H groups in total. The summed E-state index contributed by atoms with van der Waals surface area (Å²) in [4.78, 5) is 14.0. The van der Waals surface area contributed by atoms with Gasteiger partial charge in [-0.1, -0.05) is 22.4 Å². The Morgan fingerprint density at radius 3 is 2.79 bits per heavy atom. The average molecular weight is 327 g/mol. The van der Waals surface area contributed by atoms with Crippen LogP contribution in [0.25, 0.3) is 0 Å². The number of carbonyl (C=O) groups excluding carboxylic acids is 1. The molecule has 0 spiro atoms. The van der Waals surface area contributed by atoms with Crippen molar-refractivity contribution in [3.8, 4) is 0 Å². The molecule has 1 fully saturated rings. The molecule has 1 atom stereocenters. The Bertz CT molecular complexity index is 422. The highest BCUT2D eigenvalue weighted by Crippen LogP contribution is 2.17. The Labute approximate surface area is 121 Å². The molecule has 0 bridgehead atoms. The topological polar surface area (TPSA) is 52.6 Å². The van der Waals surface area contributed by atoms with E-state index in [2.05, 4.69) is 26.1 Å².